The van der Waals surface area contributed by atoms with Crippen LogP contribution in [-0.2, 0) is 4.84 Å². The molecule has 0 aromatic carbocycles. The van der Waals surface area contributed by atoms with Gasteiger partial charge in [0.05, 0.1) is 11.8 Å². The molecule has 4 rings (SSSR count). The fourth-order valence-electron chi connectivity index (χ4n) is 7.60. The molecule has 6 atom stereocenters. The molecule has 4 heteroatoms. The van der Waals surface area contributed by atoms with Gasteiger partial charge in [0.2, 0.25) is 0 Å². The molecule has 4 nitrogen and oxygen atoms in total. The van der Waals surface area contributed by atoms with Crippen molar-refractivity contribution in [3.63, 3.8) is 0 Å². The molecule has 0 aromatic heterocycles. The van der Waals surface area contributed by atoms with Gasteiger partial charge in [-0.3, -0.25) is 0 Å². The van der Waals surface area contributed by atoms with Gasteiger partial charge in [0.25, 0.3) is 0 Å². The number of rotatable bonds is 7. The third-order valence-electron chi connectivity index (χ3n) is 9.45. The highest BCUT2D eigenvalue weighted by Gasteiger charge is 2.56. The fraction of sp³-hybridized carbons (Fsp3) is 0.815. The molecule has 174 valence electrons. The van der Waals surface area contributed by atoms with Crippen LogP contribution in [0.2, 0.25) is 0 Å². The first-order valence-electron chi connectivity index (χ1n) is 12.7. The summed E-state index contributed by atoms with van der Waals surface area (Å²) in [4.78, 5) is 7.45. The van der Waals surface area contributed by atoms with Gasteiger partial charge >= 0.3 is 0 Å². The highest BCUT2D eigenvalue weighted by molar-refractivity contribution is 5.70. The Morgan fingerprint density at radius 2 is 2.00 bits per heavy atom. The van der Waals surface area contributed by atoms with Crippen LogP contribution in [0.25, 0.3) is 0 Å². The van der Waals surface area contributed by atoms with Crippen molar-refractivity contribution in [2.45, 2.75) is 83.7 Å². The molecule has 3 saturated carbocycles. The van der Waals surface area contributed by atoms with Crippen molar-refractivity contribution in [1.82, 2.24) is 4.90 Å². The predicted molar refractivity (Wildman–Crippen MR) is 128 cm³/mol. The van der Waals surface area contributed by atoms with Crippen molar-refractivity contribution in [2.75, 3.05) is 27.2 Å². The summed E-state index contributed by atoms with van der Waals surface area (Å²) in [6.07, 6.45) is 20.1. The van der Waals surface area contributed by atoms with Crippen LogP contribution in [0.15, 0.2) is 29.0 Å². The SMILES string of the molecule is CN(C)CCCO/N=C/C=C/[C@]1(O)CC[C@@]2(C)C(=CC[C@H]3[C@@H]4CCC[C@@]4(C)CC[C@@H]32)C1. The van der Waals surface area contributed by atoms with E-state index in [1.807, 2.05) is 12.2 Å². The topological polar surface area (TPSA) is 45.1 Å². The molecule has 0 radical (unpaired) electrons. The molecule has 0 saturated heterocycles. The van der Waals surface area contributed by atoms with Crippen LogP contribution in [-0.4, -0.2) is 49.1 Å². The molecule has 0 aliphatic heterocycles. The summed E-state index contributed by atoms with van der Waals surface area (Å²) in [5, 5.41) is 15.3. The van der Waals surface area contributed by atoms with Crippen molar-refractivity contribution in [2.24, 2.45) is 33.7 Å². The zero-order valence-corrected chi connectivity index (χ0v) is 20.3. The van der Waals surface area contributed by atoms with Crippen LogP contribution in [0.5, 0.6) is 0 Å². The Kier molecular flexibility index (Phi) is 6.70. The van der Waals surface area contributed by atoms with Crippen LogP contribution >= 0.6 is 0 Å². The average Bonchev–Trinajstić information content (AvgIpc) is 3.12. The smallest absolute Gasteiger partial charge is 0.118 e. The van der Waals surface area contributed by atoms with Gasteiger partial charge in [-0.25, -0.2) is 0 Å². The maximum atomic E-state index is 11.3. The minimum absolute atomic E-state index is 0.288. The van der Waals surface area contributed by atoms with E-state index < -0.39 is 5.60 Å². The van der Waals surface area contributed by atoms with E-state index in [1.165, 1.54) is 44.1 Å². The lowest BCUT2D eigenvalue weighted by molar-refractivity contribution is -0.0486. The summed E-state index contributed by atoms with van der Waals surface area (Å²) < 4.78 is 0. The van der Waals surface area contributed by atoms with Crippen molar-refractivity contribution in [1.29, 1.82) is 0 Å². The van der Waals surface area contributed by atoms with Crippen molar-refractivity contribution >= 4 is 6.21 Å². The van der Waals surface area contributed by atoms with Crippen molar-refractivity contribution in [3.8, 4) is 0 Å². The fourth-order valence-corrected chi connectivity index (χ4v) is 7.60. The lowest BCUT2D eigenvalue weighted by Gasteiger charge is -2.58. The number of oxime groups is 1. The third-order valence-corrected chi connectivity index (χ3v) is 9.45. The van der Waals surface area contributed by atoms with Crippen LogP contribution in [0.3, 0.4) is 0 Å². The maximum absolute atomic E-state index is 11.3. The molecule has 0 unspecified atom stereocenters. The van der Waals surface area contributed by atoms with Gasteiger partial charge in [-0.05, 0) is 100 Å². The van der Waals surface area contributed by atoms with E-state index in [1.54, 1.807) is 6.21 Å². The lowest BCUT2D eigenvalue weighted by Crippen LogP contribution is -2.51. The second-order valence-corrected chi connectivity index (χ2v) is 11.7. The van der Waals surface area contributed by atoms with E-state index in [4.69, 9.17) is 4.84 Å². The molecule has 1 N–H and O–H groups in total. The largest absolute Gasteiger partial charge is 0.396 e. The highest BCUT2D eigenvalue weighted by Crippen LogP contribution is 2.65. The zero-order valence-electron chi connectivity index (χ0n) is 20.3. The van der Waals surface area contributed by atoms with E-state index in [-0.39, 0.29) is 5.41 Å². The second-order valence-electron chi connectivity index (χ2n) is 11.7. The van der Waals surface area contributed by atoms with Gasteiger partial charge in [-0.2, -0.15) is 0 Å². The first kappa shape index (κ1) is 23.0. The Morgan fingerprint density at radius 1 is 1.16 bits per heavy atom. The molecule has 31 heavy (non-hydrogen) atoms. The van der Waals surface area contributed by atoms with Gasteiger partial charge in [0.1, 0.15) is 6.61 Å². The number of hydrogen-bond acceptors (Lipinski definition) is 4. The van der Waals surface area contributed by atoms with Crippen LogP contribution in [0.1, 0.15) is 78.1 Å². The summed E-state index contributed by atoms with van der Waals surface area (Å²) in [5.74, 6) is 2.61. The zero-order chi connectivity index (χ0) is 22.1. The Morgan fingerprint density at radius 3 is 2.81 bits per heavy atom. The summed E-state index contributed by atoms with van der Waals surface area (Å²) in [6, 6.07) is 0. The third kappa shape index (κ3) is 4.66. The molecule has 4 aliphatic carbocycles. The summed E-state index contributed by atoms with van der Waals surface area (Å²) in [7, 11) is 4.12. The van der Waals surface area contributed by atoms with Crippen molar-refractivity contribution < 1.29 is 9.94 Å². The Hall–Kier alpha value is -1.13. The molecule has 0 heterocycles. The number of fused-ring (bicyclic) bond motifs is 5. The van der Waals surface area contributed by atoms with E-state index >= 15 is 0 Å². The minimum Gasteiger partial charge on any atom is -0.396 e. The standard InChI is InChI=1S/C27H44N2O2/c1-25-12-5-8-23(25)22-10-9-21-20-27(30,16-15-26(21,2)24(22)11-14-25)13-6-17-28-31-19-7-18-29(3)4/h6,9,13,17,22-24,30H,5,7-8,10-12,14-16,18-20H2,1-4H3/b13-6+,28-17+/t22-,23-,24-,25-,26-,27-/m0/s1. The molecule has 4 aliphatic rings. The van der Waals surface area contributed by atoms with Gasteiger partial charge in [-0.1, -0.05) is 43.1 Å². The number of hydrogen-bond donors (Lipinski definition) is 1. The normalized spacial score (nSPS) is 42.5. The molecular formula is C27H44N2O2. The van der Waals surface area contributed by atoms with E-state index in [0.717, 1.165) is 50.0 Å². The molecule has 0 amide bonds. The minimum atomic E-state index is -0.744. The lowest BCUT2D eigenvalue weighted by atomic mass is 9.47. The summed E-state index contributed by atoms with van der Waals surface area (Å²) >= 11 is 0. The number of aliphatic hydroxyl groups is 1. The molecule has 0 aromatic rings. The van der Waals surface area contributed by atoms with E-state index in [2.05, 4.69) is 44.1 Å². The first-order chi connectivity index (χ1) is 14.8. The van der Waals surface area contributed by atoms with E-state index in [0.29, 0.717) is 12.0 Å². The van der Waals surface area contributed by atoms with Gasteiger partial charge < -0.3 is 14.8 Å². The second kappa shape index (κ2) is 9.02. The molecule has 0 spiro atoms. The number of nitrogens with zero attached hydrogens (tertiary/aromatic N) is 2. The summed E-state index contributed by atoms with van der Waals surface area (Å²) in [6.45, 7) is 6.71. The van der Waals surface area contributed by atoms with Crippen LogP contribution < -0.4 is 0 Å². The van der Waals surface area contributed by atoms with Gasteiger partial charge in [0.15, 0.2) is 0 Å². The average molecular weight is 429 g/mol. The quantitative estimate of drug-likeness (QED) is 0.249. The maximum Gasteiger partial charge on any atom is 0.118 e. The Labute approximate surface area is 189 Å². The van der Waals surface area contributed by atoms with Crippen LogP contribution in [0, 0.1) is 28.6 Å². The van der Waals surface area contributed by atoms with Gasteiger partial charge in [0, 0.05) is 13.0 Å². The van der Waals surface area contributed by atoms with E-state index in [9.17, 15) is 5.11 Å². The monoisotopic (exact) mass is 428 g/mol. The Balaban J connectivity index is 1.36. The van der Waals surface area contributed by atoms with Crippen LogP contribution in [0.4, 0.5) is 0 Å². The molecule has 3 fully saturated rings. The molecular weight excluding hydrogens is 384 g/mol. The predicted octanol–water partition coefficient (Wildman–Crippen LogP) is 5.58. The summed E-state index contributed by atoms with van der Waals surface area (Å²) in [5.41, 5.74) is 1.67. The number of allylic oxidation sites excluding steroid dienone is 2. The highest BCUT2D eigenvalue weighted by atomic mass is 16.6. The first-order valence-corrected chi connectivity index (χ1v) is 12.7. The van der Waals surface area contributed by atoms with Gasteiger partial charge in [-0.15, -0.1) is 0 Å². The Bertz CT molecular complexity index is 729. The molecule has 0 bridgehead atoms. The van der Waals surface area contributed by atoms with Crippen molar-refractivity contribution in [3.05, 3.63) is 23.8 Å².